The molecule has 1 unspecified atom stereocenters. The number of sulfone groups is 1. The van der Waals surface area contributed by atoms with Crippen LogP contribution in [0.3, 0.4) is 0 Å². The van der Waals surface area contributed by atoms with Crippen LogP contribution in [0.25, 0.3) is 0 Å². The molecular formula is C25H35NO4S. The molecule has 0 bridgehead atoms. The van der Waals surface area contributed by atoms with Gasteiger partial charge in [-0.1, -0.05) is 38.8 Å². The Labute approximate surface area is 187 Å². The first-order chi connectivity index (χ1) is 14.7. The van der Waals surface area contributed by atoms with Gasteiger partial charge in [0.1, 0.15) is 5.75 Å². The maximum absolute atomic E-state index is 13.6. The first-order valence-corrected chi connectivity index (χ1v) is 12.7. The lowest BCUT2D eigenvalue weighted by Gasteiger charge is -2.39. The fraction of sp³-hybridized carbons (Fsp3) is 0.520. The van der Waals surface area contributed by atoms with Gasteiger partial charge >= 0.3 is 0 Å². The number of hydrogen-bond acceptors (Lipinski definition) is 5. The predicted octanol–water partition coefficient (Wildman–Crippen LogP) is 4.63. The lowest BCUT2D eigenvalue weighted by molar-refractivity contribution is 0.0174. The van der Waals surface area contributed by atoms with Crippen LogP contribution in [-0.4, -0.2) is 46.6 Å². The van der Waals surface area contributed by atoms with E-state index in [1.54, 1.807) is 25.3 Å². The molecule has 0 fully saturated rings. The number of benzene rings is 2. The monoisotopic (exact) mass is 445 g/mol. The van der Waals surface area contributed by atoms with Gasteiger partial charge in [0.2, 0.25) is 0 Å². The van der Waals surface area contributed by atoms with E-state index in [-0.39, 0.29) is 5.75 Å². The second kappa shape index (κ2) is 9.21. The maximum atomic E-state index is 13.6. The normalized spacial score (nSPS) is 24.8. The lowest BCUT2D eigenvalue weighted by atomic mass is 9.69. The van der Waals surface area contributed by atoms with Crippen molar-refractivity contribution >= 4 is 15.5 Å². The van der Waals surface area contributed by atoms with Crippen molar-refractivity contribution in [2.75, 3.05) is 31.9 Å². The molecule has 3 atom stereocenters. The maximum Gasteiger partial charge on any atom is 0.179 e. The molecule has 170 valence electrons. The number of ether oxygens (including phenoxy) is 1. The molecular weight excluding hydrogens is 410 g/mol. The highest BCUT2D eigenvalue weighted by atomic mass is 32.2. The highest BCUT2D eigenvalue weighted by Crippen LogP contribution is 2.49. The summed E-state index contributed by atoms with van der Waals surface area (Å²) in [6.45, 7) is 4.09. The van der Waals surface area contributed by atoms with Gasteiger partial charge in [0, 0.05) is 31.1 Å². The van der Waals surface area contributed by atoms with Crippen LogP contribution in [0.5, 0.6) is 5.75 Å². The van der Waals surface area contributed by atoms with E-state index >= 15 is 0 Å². The van der Waals surface area contributed by atoms with Gasteiger partial charge in [-0.05, 0) is 54.3 Å². The second-order valence-corrected chi connectivity index (χ2v) is 10.9. The molecule has 0 spiro atoms. The number of methoxy groups -OCH3 is 1. The Morgan fingerprint density at radius 3 is 2.52 bits per heavy atom. The zero-order valence-corrected chi connectivity index (χ0v) is 20.1. The van der Waals surface area contributed by atoms with E-state index in [0.717, 1.165) is 24.1 Å². The van der Waals surface area contributed by atoms with Gasteiger partial charge in [-0.3, -0.25) is 0 Å². The van der Waals surface area contributed by atoms with Crippen LogP contribution >= 0.6 is 0 Å². The Morgan fingerprint density at radius 1 is 1.16 bits per heavy atom. The van der Waals surface area contributed by atoms with Crippen LogP contribution in [0.1, 0.15) is 56.6 Å². The third kappa shape index (κ3) is 4.46. The molecule has 3 rings (SSSR count). The van der Waals surface area contributed by atoms with Crippen LogP contribution in [0.15, 0.2) is 47.4 Å². The van der Waals surface area contributed by atoms with E-state index in [4.69, 9.17) is 4.74 Å². The molecule has 6 heteroatoms. The predicted molar refractivity (Wildman–Crippen MR) is 126 cm³/mol. The molecule has 2 aromatic carbocycles. The standard InChI is InChI=1S/C25H35NO4S/c1-6-8-14-25(7-2)17-31(28,29)22-13-12-20(30-5)16-21(22)23(24(25)27)18-10-9-11-19(15-18)26(3)4/h9-13,15-16,23-24,27H,6-8,14,17H2,1-5H3/t23-,24-,25?/m1/s1. The number of aliphatic hydroxyl groups is 1. The van der Waals surface area contributed by atoms with Crippen molar-refractivity contribution in [3.05, 3.63) is 53.6 Å². The quantitative estimate of drug-likeness (QED) is 0.673. The van der Waals surface area contributed by atoms with Crippen molar-refractivity contribution in [3.63, 3.8) is 0 Å². The highest BCUT2D eigenvalue weighted by Gasteiger charge is 2.49. The summed E-state index contributed by atoms with van der Waals surface area (Å²) in [4.78, 5) is 2.32. The molecule has 0 saturated heterocycles. The van der Waals surface area contributed by atoms with Gasteiger partial charge in [-0.25, -0.2) is 8.42 Å². The minimum Gasteiger partial charge on any atom is -0.497 e. The topological polar surface area (TPSA) is 66.8 Å². The summed E-state index contributed by atoms with van der Waals surface area (Å²) in [5.74, 6) is 0.0903. The SMILES string of the molecule is CCCCC1(CC)CS(=O)(=O)c2ccc(OC)cc2[C@@H](c2cccc(N(C)C)c2)[C@H]1O. The molecule has 0 saturated carbocycles. The van der Waals surface area contributed by atoms with E-state index in [1.165, 1.54) is 0 Å². The number of fused-ring (bicyclic) bond motifs is 1. The minimum absolute atomic E-state index is 0.0408. The molecule has 1 aliphatic rings. The van der Waals surface area contributed by atoms with E-state index < -0.39 is 27.3 Å². The van der Waals surface area contributed by atoms with Crippen LogP contribution < -0.4 is 9.64 Å². The molecule has 1 heterocycles. The van der Waals surface area contributed by atoms with Gasteiger partial charge in [0.05, 0.1) is 23.9 Å². The van der Waals surface area contributed by atoms with Crippen molar-refractivity contribution < 1.29 is 18.3 Å². The molecule has 2 aromatic rings. The first kappa shape index (κ1) is 23.6. The third-order valence-corrected chi connectivity index (χ3v) is 8.78. The van der Waals surface area contributed by atoms with Gasteiger partial charge in [0.25, 0.3) is 0 Å². The number of anilines is 1. The smallest absolute Gasteiger partial charge is 0.179 e. The zero-order valence-electron chi connectivity index (χ0n) is 19.3. The average molecular weight is 446 g/mol. The largest absolute Gasteiger partial charge is 0.497 e. The van der Waals surface area contributed by atoms with E-state index in [2.05, 4.69) is 13.0 Å². The van der Waals surface area contributed by atoms with Gasteiger partial charge in [0.15, 0.2) is 9.84 Å². The highest BCUT2D eigenvalue weighted by molar-refractivity contribution is 7.91. The summed E-state index contributed by atoms with van der Waals surface area (Å²) < 4.78 is 32.6. The summed E-state index contributed by atoms with van der Waals surface area (Å²) in [6, 6.07) is 13.1. The molecule has 5 nitrogen and oxygen atoms in total. The van der Waals surface area contributed by atoms with Crippen molar-refractivity contribution in [1.82, 2.24) is 0 Å². The Hall–Kier alpha value is -2.05. The van der Waals surface area contributed by atoms with E-state index in [1.807, 2.05) is 44.1 Å². The number of rotatable bonds is 7. The Bertz CT molecular complexity index is 1020. The summed E-state index contributed by atoms with van der Waals surface area (Å²) in [6.07, 6.45) is 2.28. The van der Waals surface area contributed by atoms with Gasteiger partial charge < -0.3 is 14.7 Å². The van der Waals surface area contributed by atoms with Crippen LogP contribution in [0.2, 0.25) is 0 Å². The van der Waals surface area contributed by atoms with Crippen molar-refractivity contribution in [2.45, 2.75) is 56.4 Å². The van der Waals surface area contributed by atoms with Crippen LogP contribution in [0, 0.1) is 5.41 Å². The summed E-state index contributed by atoms with van der Waals surface area (Å²) >= 11 is 0. The van der Waals surface area contributed by atoms with E-state index in [0.29, 0.717) is 29.1 Å². The molecule has 31 heavy (non-hydrogen) atoms. The summed E-state index contributed by atoms with van der Waals surface area (Å²) in [7, 11) is 1.94. The molecule has 0 radical (unpaired) electrons. The first-order valence-electron chi connectivity index (χ1n) is 11.0. The third-order valence-electron chi connectivity index (χ3n) is 6.79. The van der Waals surface area contributed by atoms with Crippen LogP contribution in [-0.2, 0) is 9.84 Å². The molecule has 0 aliphatic carbocycles. The number of aliphatic hydroxyl groups excluding tert-OH is 1. The van der Waals surface area contributed by atoms with Gasteiger partial charge in [-0.2, -0.15) is 0 Å². The zero-order chi connectivity index (χ0) is 22.8. The Kier molecular flexibility index (Phi) is 7.01. The molecule has 0 amide bonds. The Morgan fingerprint density at radius 2 is 1.90 bits per heavy atom. The number of hydrogen-bond donors (Lipinski definition) is 1. The summed E-state index contributed by atoms with van der Waals surface area (Å²) in [5.41, 5.74) is 1.84. The molecule has 0 aromatic heterocycles. The lowest BCUT2D eigenvalue weighted by Crippen LogP contribution is -2.42. The molecule has 1 N–H and O–H groups in total. The minimum atomic E-state index is -3.58. The average Bonchev–Trinajstić information content (AvgIpc) is 2.83. The van der Waals surface area contributed by atoms with E-state index in [9.17, 15) is 13.5 Å². The Balaban J connectivity index is 2.31. The van der Waals surface area contributed by atoms with Crippen molar-refractivity contribution in [1.29, 1.82) is 0 Å². The molecule has 1 aliphatic heterocycles. The summed E-state index contributed by atoms with van der Waals surface area (Å²) in [5, 5.41) is 11.9. The van der Waals surface area contributed by atoms with Crippen molar-refractivity contribution in [2.24, 2.45) is 5.41 Å². The van der Waals surface area contributed by atoms with Gasteiger partial charge in [-0.15, -0.1) is 0 Å². The second-order valence-electron chi connectivity index (χ2n) is 8.89. The fourth-order valence-corrected chi connectivity index (χ4v) is 7.09. The number of unbranched alkanes of at least 4 members (excludes halogenated alkanes) is 1. The fourth-order valence-electron chi connectivity index (χ4n) is 4.84. The van der Waals surface area contributed by atoms with Crippen molar-refractivity contribution in [3.8, 4) is 5.75 Å². The number of nitrogens with zero attached hydrogens (tertiary/aromatic N) is 1. The van der Waals surface area contributed by atoms with Crippen LogP contribution in [0.4, 0.5) is 5.69 Å².